The van der Waals surface area contributed by atoms with Crippen LogP contribution in [0.1, 0.15) is 39.9 Å². The van der Waals surface area contributed by atoms with Gasteiger partial charge in [-0.05, 0) is 36.6 Å². The summed E-state index contributed by atoms with van der Waals surface area (Å²) in [6, 6.07) is 16.2. The third kappa shape index (κ3) is 5.27. The van der Waals surface area contributed by atoms with Crippen molar-refractivity contribution in [2.45, 2.75) is 33.2 Å². The molecule has 27 heavy (non-hydrogen) atoms. The molecule has 0 bridgehead atoms. The lowest BCUT2D eigenvalue weighted by Gasteiger charge is -2.34. The summed E-state index contributed by atoms with van der Waals surface area (Å²) in [6.07, 6.45) is 0.579. The Morgan fingerprint density at radius 1 is 0.852 bits per heavy atom. The summed E-state index contributed by atoms with van der Waals surface area (Å²) in [5.74, 6) is 0.140. The molecule has 1 aliphatic rings. The molecule has 0 radical (unpaired) electrons. The molecule has 3 rings (SSSR count). The second-order valence-corrected chi connectivity index (χ2v) is 7.36. The second-order valence-electron chi connectivity index (χ2n) is 7.36. The van der Waals surface area contributed by atoms with E-state index in [0.717, 1.165) is 38.3 Å². The lowest BCUT2D eigenvalue weighted by Crippen LogP contribution is -2.48. The maximum Gasteiger partial charge on any atom is 0.223 e. The highest BCUT2D eigenvalue weighted by molar-refractivity contribution is 5.98. The second kappa shape index (κ2) is 8.96. The van der Waals surface area contributed by atoms with Crippen LogP contribution in [0.2, 0.25) is 0 Å². The molecule has 0 atom stereocenters. The van der Waals surface area contributed by atoms with Gasteiger partial charge in [-0.1, -0.05) is 42.5 Å². The number of carbonyl (C=O) groups excluding carboxylic acids is 2. The highest BCUT2D eigenvalue weighted by atomic mass is 16.2. The van der Waals surface area contributed by atoms with E-state index in [2.05, 4.69) is 29.2 Å². The van der Waals surface area contributed by atoms with Gasteiger partial charge in [-0.25, -0.2) is 0 Å². The largest absolute Gasteiger partial charge is 0.340 e. The Morgan fingerprint density at radius 3 is 2.22 bits per heavy atom. The van der Waals surface area contributed by atoms with Gasteiger partial charge >= 0.3 is 0 Å². The van der Waals surface area contributed by atoms with E-state index in [0.29, 0.717) is 12.0 Å². The minimum absolute atomic E-state index is 0.0502. The first-order chi connectivity index (χ1) is 13.0. The number of amides is 1. The molecule has 2 aromatic carbocycles. The summed E-state index contributed by atoms with van der Waals surface area (Å²) >= 11 is 0. The topological polar surface area (TPSA) is 40.6 Å². The number of rotatable bonds is 6. The van der Waals surface area contributed by atoms with Gasteiger partial charge in [0.1, 0.15) is 0 Å². The molecule has 0 saturated carbocycles. The molecular formula is C23H28N2O2. The Hall–Kier alpha value is -2.46. The van der Waals surface area contributed by atoms with Crippen molar-refractivity contribution in [2.24, 2.45) is 0 Å². The molecule has 142 valence electrons. The zero-order chi connectivity index (χ0) is 19.2. The van der Waals surface area contributed by atoms with Gasteiger partial charge in [-0.2, -0.15) is 0 Å². The first-order valence-corrected chi connectivity index (χ1v) is 9.67. The quantitative estimate of drug-likeness (QED) is 0.735. The summed E-state index contributed by atoms with van der Waals surface area (Å²) in [5, 5.41) is 0. The number of carbonyl (C=O) groups is 2. The van der Waals surface area contributed by atoms with Crippen LogP contribution in [0.15, 0.2) is 48.5 Å². The molecule has 0 spiro atoms. The van der Waals surface area contributed by atoms with Crippen LogP contribution in [0.4, 0.5) is 0 Å². The van der Waals surface area contributed by atoms with E-state index in [1.165, 1.54) is 11.1 Å². The van der Waals surface area contributed by atoms with Crippen molar-refractivity contribution in [1.82, 2.24) is 9.80 Å². The van der Waals surface area contributed by atoms with Gasteiger partial charge in [0.15, 0.2) is 5.78 Å². The lowest BCUT2D eigenvalue weighted by molar-refractivity contribution is -0.132. The third-order valence-electron chi connectivity index (χ3n) is 5.37. The summed E-state index contributed by atoms with van der Waals surface area (Å²) in [4.78, 5) is 29.1. The first kappa shape index (κ1) is 19.3. The molecule has 0 N–H and O–H groups in total. The highest BCUT2D eigenvalue weighted by Gasteiger charge is 2.21. The van der Waals surface area contributed by atoms with E-state index in [1.807, 2.05) is 43.0 Å². The monoisotopic (exact) mass is 364 g/mol. The molecular weight excluding hydrogens is 336 g/mol. The molecule has 1 heterocycles. The Morgan fingerprint density at radius 2 is 1.56 bits per heavy atom. The number of nitrogens with zero attached hydrogens (tertiary/aromatic N) is 2. The number of benzene rings is 2. The number of Topliss-reactive ketones (excluding diaryl/α,β-unsaturated/α-hetero) is 1. The smallest absolute Gasteiger partial charge is 0.223 e. The molecule has 1 amide bonds. The van der Waals surface area contributed by atoms with Crippen LogP contribution >= 0.6 is 0 Å². The predicted molar refractivity (Wildman–Crippen MR) is 108 cm³/mol. The Labute approximate surface area is 161 Å². The average molecular weight is 364 g/mol. The van der Waals surface area contributed by atoms with Crippen LogP contribution in [-0.2, 0) is 11.3 Å². The number of piperazine rings is 1. The Kier molecular flexibility index (Phi) is 6.40. The third-order valence-corrected chi connectivity index (χ3v) is 5.37. The van der Waals surface area contributed by atoms with Crippen LogP contribution < -0.4 is 0 Å². The molecule has 4 heteroatoms. The molecule has 1 saturated heterocycles. The highest BCUT2D eigenvalue weighted by Crippen LogP contribution is 2.14. The minimum Gasteiger partial charge on any atom is -0.340 e. The summed E-state index contributed by atoms with van der Waals surface area (Å²) < 4.78 is 0. The van der Waals surface area contributed by atoms with Crippen molar-refractivity contribution >= 4 is 11.7 Å². The van der Waals surface area contributed by atoms with Crippen molar-refractivity contribution in [2.75, 3.05) is 26.2 Å². The standard InChI is InChI=1S/C23H28N2O2/c1-18-8-9-21(16-19(18)2)22(26)10-11-23(27)25-14-12-24(13-15-25)17-20-6-4-3-5-7-20/h3-9,16H,10-15,17H2,1-2H3. The van der Waals surface area contributed by atoms with Crippen LogP contribution in [-0.4, -0.2) is 47.7 Å². The van der Waals surface area contributed by atoms with Gasteiger partial charge in [0.25, 0.3) is 0 Å². The predicted octanol–water partition coefficient (Wildman–Crippen LogP) is 3.61. The van der Waals surface area contributed by atoms with E-state index in [9.17, 15) is 9.59 Å². The van der Waals surface area contributed by atoms with Crippen LogP contribution in [0.5, 0.6) is 0 Å². The number of hydrogen-bond donors (Lipinski definition) is 0. The molecule has 0 unspecified atom stereocenters. The number of aryl methyl sites for hydroxylation is 2. The molecule has 4 nitrogen and oxygen atoms in total. The zero-order valence-corrected chi connectivity index (χ0v) is 16.3. The van der Waals surface area contributed by atoms with Crippen LogP contribution in [0, 0.1) is 13.8 Å². The van der Waals surface area contributed by atoms with E-state index in [-0.39, 0.29) is 18.1 Å². The van der Waals surface area contributed by atoms with Gasteiger partial charge in [-0.3, -0.25) is 14.5 Å². The zero-order valence-electron chi connectivity index (χ0n) is 16.3. The molecule has 1 aliphatic heterocycles. The normalized spacial score (nSPS) is 15.0. The van der Waals surface area contributed by atoms with Crippen LogP contribution in [0.3, 0.4) is 0 Å². The lowest BCUT2D eigenvalue weighted by atomic mass is 10.0. The fraction of sp³-hybridized carbons (Fsp3) is 0.391. The number of hydrogen-bond acceptors (Lipinski definition) is 3. The van der Waals surface area contributed by atoms with E-state index >= 15 is 0 Å². The van der Waals surface area contributed by atoms with Crippen molar-refractivity contribution in [3.8, 4) is 0 Å². The first-order valence-electron chi connectivity index (χ1n) is 9.67. The van der Waals surface area contributed by atoms with Crippen molar-refractivity contribution in [3.63, 3.8) is 0 Å². The Bertz CT molecular complexity index is 793. The van der Waals surface area contributed by atoms with E-state index in [1.54, 1.807) is 0 Å². The molecule has 1 fully saturated rings. The summed E-state index contributed by atoms with van der Waals surface area (Å²) in [5.41, 5.74) is 4.30. The average Bonchev–Trinajstić information content (AvgIpc) is 2.69. The van der Waals surface area contributed by atoms with Crippen molar-refractivity contribution in [3.05, 3.63) is 70.8 Å². The Balaban J connectivity index is 1.44. The van der Waals surface area contributed by atoms with Crippen molar-refractivity contribution < 1.29 is 9.59 Å². The SMILES string of the molecule is Cc1ccc(C(=O)CCC(=O)N2CCN(Cc3ccccc3)CC2)cc1C. The maximum absolute atomic E-state index is 12.5. The van der Waals surface area contributed by atoms with Crippen molar-refractivity contribution in [1.29, 1.82) is 0 Å². The fourth-order valence-corrected chi connectivity index (χ4v) is 3.43. The molecule has 0 aliphatic carbocycles. The maximum atomic E-state index is 12.5. The van der Waals surface area contributed by atoms with Gasteiger partial charge in [0, 0.05) is 51.1 Å². The van der Waals surface area contributed by atoms with E-state index in [4.69, 9.17) is 0 Å². The van der Waals surface area contributed by atoms with Gasteiger partial charge in [0.2, 0.25) is 5.91 Å². The molecule has 2 aromatic rings. The fourth-order valence-electron chi connectivity index (χ4n) is 3.43. The molecule has 0 aromatic heterocycles. The van der Waals surface area contributed by atoms with E-state index < -0.39 is 0 Å². The van der Waals surface area contributed by atoms with Gasteiger partial charge in [0.05, 0.1) is 0 Å². The summed E-state index contributed by atoms with van der Waals surface area (Å²) in [6.45, 7) is 8.20. The van der Waals surface area contributed by atoms with Crippen LogP contribution in [0.25, 0.3) is 0 Å². The summed E-state index contributed by atoms with van der Waals surface area (Å²) in [7, 11) is 0. The minimum atomic E-state index is 0.0502. The number of ketones is 1. The van der Waals surface area contributed by atoms with Gasteiger partial charge in [-0.15, -0.1) is 0 Å². The van der Waals surface area contributed by atoms with Gasteiger partial charge < -0.3 is 4.90 Å².